The lowest BCUT2D eigenvalue weighted by Gasteiger charge is -2.27. The van der Waals surface area contributed by atoms with Crippen LogP contribution in [0.1, 0.15) is 5.56 Å². The molecule has 0 unspecified atom stereocenters. The maximum Gasteiger partial charge on any atom is 0.191 e. The molecule has 0 saturated carbocycles. The number of morpholine rings is 1. The summed E-state index contributed by atoms with van der Waals surface area (Å²) >= 11 is 9.49. The Labute approximate surface area is 126 Å². The van der Waals surface area contributed by atoms with Gasteiger partial charge >= 0.3 is 0 Å². The van der Waals surface area contributed by atoms with Gasteiger partial charge < -0.3 is 15.4 Å². The molecule has 1 saturated heterocycles. The van der Waals surface area contributed by atoms with Crippen LogP contribution in [0.5, 0.6) is 0 Å². The van der Waals surface area contributed by atoms with Gasteiger partial charge in [-0.2, -0.15) is 0 Å². The Bertz CT molecular complexity index is 461. The van der Waals surface area contributed by atoms with Crippen molar-refractivity contribution in [3.05, 3.63) is 33.3 Å². The van der Waals surface area contributed by atoms with E-state index < -0.39 is 0 Å². The topological polar surface area (TPSA) is 50.8 Å². The average molecular weight is 347 g/mol. The monoisotopic (exact) mass is 345 g/mol. The van der Waals surface area contributed by atoms with E-state index in [1.807, 2.05) is 18.2 Å². The number of ether oxygens (including phenoxy) is 1. The summed E-state index contributed by atoms with van der Waals surface area (Å²) in [4.78, 5) is 6.47. The number of benzene rings is 1. The fraction of sp³-hybridized carbons (Fsp3) is 0.462. The number of rotatable bonds is 3. The van der Waals surface area contributed by atoms with E-state index in [1.165, 1.54) is 0 Å². The molecule has 2 N–H and O–H groups in total. The normalized spacial score (nSPS) is 16.7. The molecule has 1 heterocycles. The molecule has 0 aliphatic carbocycles. The third-order valence-electron chi connectivity index (χ3n) is 3.00. The molecule has 4 nitrogen and oxygen atoms in total. The summed E-state index contributed by atoms with van der Waals surface area (Å²) in [5.74, 6) is 0.599. The molecule has 1 aromatic rings. The molecule has 1 aliphatic rings. The summed E-state index contributed by atoms with van der Waals surface area (Å²) in [5, 5.41) is 0.739. The molecule has 0 aromatic heterocycles. The van der Waals surface area contributed by atoms with Crippen LogP contribution in [-0.4, -0.2) is 43.7 Å². The van der Waals surface area contributed by atoms with Crippen molar-refractivity contribution in [2.75, 3.05) is 32.8 Å². The molecule has 0 radical (unpaired) electrons. The average Bonchev–Trinajstić information content (AvgIpc) is 2.43. The summed E-state index contributed by atoms with van der Waals surface area (Å²) in [6.07, 6.45) is 0.812. The van der Waals surface area contributed by atoms with Crippen LogP contribution in [0.25, 0.3) is 0 Å². The molecule has 19 heavy (non-hydrogen) atoms. The van der Waals surface area contributed by atoms with Gasteiger partial charge in [-0.15, -0.1) is 0 Å². The minimum absolute atomic E-state index is 0.599. The molecule has 0 atom stereocenters. The summed E-state index contributed by atoms with van der Waals surface area (Å²) in [7, 11) is 0. The fourth-order valence-corrected chi connectivity index (χ4v) is 2.56. The van der Waals surface area contributed by atoms with Gasteiger partial charge in [-0.1, -0.05) is 27.5 Å². The molecule has 0 spiro atoms. The Kier molecular flexibility index (Phi) is 5.48. The predicted octanol–water partition coefficient (Wildman–Crippen LogP) is 2.29. The predicted molar refractivity (Wildman–Crippen MR) is 81.7 cm³/mol. The van der Waals surface area contributed by atoms with Gasteiger partial charge in [0.05, 0.1) is 13.2 Å². The van der Waals surface area contributed by atoms with Gasteiger partial charge in [0.2, 0.25) is 0 Å². The first-order valence-corrected chi connectivity index (χ1v) is 7.40. The van der Waals surface area contributed by atoms with Gasteiger partial charge in [0.25, 0.3) is 0 Å². The number of halogens is 2. The zero-order chi connectivity index (χ0) is 13.7. The van der Waals surface area contributed by atoms with E-state index >= 15 is 0 Å². The number of aliphatic imine (C=N–C) groups is 1. The minimum atomic E-state index is 0.599. The van der Waals surface area contributed by atoms with Gasteiger partial charge in [0, 0.05) is 29.1 Å². The first-order chi connectivity index (χ1) is 9.16. The first-order valence-electron chi connectivity index (χ1n) is 6.23. The molecule has 1 aromatic carbocycles. The van der Waals surface area contributed by atoms with Gasteiger partial charge in [0.15, 0.2) is 5.96 Å². The SMILES string of the molecule is NC(=NCCc1cc(Cl)ccc1Br)N1CCOCC1. The number of hydrogen-bond donors (Lipinski definition) is 1. The minimum Gasteiger partial charge on any atom is -0.378 e. The van der Waals surface area contributed by atoms with Crippen LogP contribution in [0.4, 0.5) is 0 Å². The molecule has 2 rings (SSSR count). The van der Waals surface area contributed by atoms with Crippen LogP contribution in [0.15, 0.2) is 27.7 Å². The highest BCUT2D eigenvalue weighted by Crippen LogP contribution is 2.21. The van der Waals surface area contributed by atoms with Crippen molar-refractivity contribution in [2.24, 2.45) is 10.7 Å². The molecular formula is C13H17BrClN3O. The van der Waals surface area contributed by atoms with Crippen LogP contribution in [0.2, 0.25) is 5.02 Å². The zero-order valence-electron chi connectivity index (χ0n) is 10.6. The fourth-order valence-electron chi connectivity index (χ4n) is 1.92. The van der Waals surface area contributed by atoms with Gasteiger partial charge in [0.1, 0.15) is 0 Å². The summed E-state index contributed by atoms with van der Waals surface area (Å²) in [6, 6.07) is 5.76. The maximum atomic E-state index is 5.98. The standard InChI is InChI=1S/C13H17BrClN3O/c14-12-2-1-11(15)9-10(12)3-4-17-13(16)18-5-7-19-8-6-18/h1-2,9H,3-8H2,(H2,16,17). The second-order valence-corrected chi connectivity index (χ2v) is 5.62. The first kappa shape index (κ1) is 14.6. The lowest BCUT2D eigenvalue weighted by atomic mass is 10.1. The highest BCUT2D eigenvalue weighted by Gasteiger charge is 2.11. The van der Waals surface area contributed by atoms with Gasteiger partial charge in [-0.25, -0.2) is 0 Å². The lowest BCUT2D eigenvalue weighted by Crippen LogP contribution is -2.44. The van der Waals surface area contributed by atoms with Crippen molar-refractivity contribution in [3.63, 3.8) is 0 Å². The summed E-state index contributed by atoms with van der Waals surface area (Å²) in [6.45, 7) is 3.72. The second-order valence-electron chi connectivity index (χ2n) is 4.33. The van der Waals surface area contributed by atoms with Gasteiger partial charge in [-0.05, 0) is 30.2 Å². The highest BCUT2D eigenvalue weighted by molar-refractivity contribution is 9.10. The molecule has 0 bridgehead atoms. The molecule has 6 heteroatoms. The van der Waals surface area contributed by atoms with E-state index in [2.05, 4.69) is 25.8 Å². The van der Waals surface area contributed by atoms with Gasteiger partial charge in [-0.3, -0.25) is 4.99 Å². The third kappa shape index (κ3) is 4.37. The van der Waals surface area contributed by atoms with Crippen LogP contribution in [-0.2, 0) is 11.2 Å². The van der Waals surface area contributed by atoms with Crippen molar-refractivity contribution in [1.82, 2.24) is 4.90 Å². The van der Waals surface area contributed by atoms with Crippen LogP contribution < -0.4 is 5.73 Å². The van der Waals surface area contributed by atoms with E-state index in [1.54, 1.807) is 0 Å². The van der Waals surface area contributed by atoms with Crippen LogP contribution in [0, 0.1) is 0 Å². The zero-order valence-corrected chi connectivity index (χ0v) is 13.0. The maximum absolute atomic E-state index is 5.98. The molecule has 104 valence electrons. The number of nitrogens with two attached hydrogens (primary N) is 1. The van der Waals surface area contributed by atoms with E-state index in [0.29, 0.717) is 12.5 Å². The van der Waals surface area contributed by atoms with Crippen molar-refractivity contribution in [3.8, 4) is 0 Å². The highest BCUT2D eigenvalue weighted by atomic mass is 79.9. The molecule has 1 aliphatic heterocycles. The largest absolute Gasteiger partial charge is 0.378 e. The smallest absolute Gasteiger partial charge is 0.191 e. The van der Waals surface area contributed by atoms with Crippen molar-refractivity contribution >= 4 is 33.5 Å². The summed E-state index contributed by atoms with van der Waals surface area (Å²) < 4.78 is 6.33. The molecule has 1 fully saturated rings. The Hall–Kier alpha value is -0.780. The molecular weight excluding hydrogens is 330 g/mol. The van der Waals surface area contributed by atoms with E-state index in [9.17, 15) is 0 Å². The van der Waals surface area contributed by atoms with Crippen LogP contribution in [0.3, 0.4) is 0 Å². The molecule has 0 amide bonds. The van der Waals surface area contributed by atoms with E-state index in [-0.39, 0.29) is 0 Å². The second kappa shape index (κ2) is 7.12. The van der Waals surface area contributed by atoms with Crippen molar-refractivity contribution < 1.29 is 4.74 Å². The van der Waals surface area contributed by atoms with E-state index in [0.717, 1.165) is 47.8 Å². The van der Waals surface area contributed by atoms with Crippen molar-refractivity contribution in [2.45, 2.75) is 6.42 Å². The van der Waals surface area contributed by atoms with E-state index in [4.69, 9.17) is 22.1 Å². The number of nitrogens with zero attached hydrogens (tertiary/aromatic N) is 2. The lowest BCUT2D eigenvalue weighted by molar-refractivity contribution is 0.0674. The number of guanidine groups is 1. The summed E-state index contributed by atoms with van der Waals surface area (Å²) in [5.41, 5.74) is 7.11. The quantitative estimate of drug-likeness (QED) is 0.675. The number of hydrogen-bond acceptors (Lipinski definition) is 2. The Balaban J connectivity index is 1.89. The Morgan fingerprint density at radius 3 is 2.89 bits per heavy atom. The Morgan fingerprint density at radius 2 is 2.16 bits per heavy atom. The van der Waals surface area contributed by atoms with Crippen molar-refractivity contribution in [1.29, 1.82) is 0 Å². The Morgan fingerprint density at radius 1 is 1.42 bits per heavy atom. The third-order valence-corrected chi connectivity index (χ3v) is 4.01. The van der Waals surface area contributed by atoms with Crippen LogP contribution >= 0.6 is 27.5 Å².